The first kappa shape index (κ1) is 21.0. The Kier molecular flexibility index (Phi) is 7.48. The van der Waals surface area contributed by atoms with Crippen LogP contribution >= 0.6 is 11.8 Å². The number of benzene rings is 2. The van der Waals surface area contributed by atoms with E-state index in [4.69, 9.17) is 0 Å². The lowest BCUT2D eigenvalue weighted by atomic mass is 10.0. The summed E-state index contributed by atoms with van der Waals surface area (Å²) in [6.07, 6.45) is 3.89. The molecule has 27 heavy (non-hydrogen) atoms. The highest BCUT2D eigenvalue weighted by molar-refractivity contribution is 7.98. The average Bonchev–Trinajstić information content (AvgIpc) is 2.67. The Hall–Kier alpha value is -2.27. The number of carbonyl (C=O) groups excluding carboxylic acids is 1. The van der Waals surface area contributed by atoms with E-state index in [9.17, 15) is 4.79 Å². The molecule has 2 rings (SSSR count). The fraction of sp³-hybridized carbons (Fsp3) is 0.364. The smallest absolute Gasteiger partial charge is 0.254 e. The number of carbonyl (C=O) groups is 1. The maximum Gasteiger partial charge on any atom is 0.254 e. The van der Waals surface area contributed by atoms with Crippen LogP contribution in [-0.2, 0) is 6.54 Å². The van der Waals surface area contributed by atoms with E-state index in [-0.39, 0.29) is 5.91 Å². The molecular weight excluding hydrogens is 354 g/mol. The number of hydrogen-bond acceptors (Lipinski definition) is 3. The van der Waals surface area contributed by atoms with Crippen LogP contribution in [-0.4, -0.2) is 48.9 Å². The molecule has 4 nitrogen and oxygen atoms in total. The van der Waals surface area contributed by atoms with Gasteiger partial charge < -0.3 is 9.80 Å². The minimum Gasteiger partial charge on any atom is -0.366 e. The molecule has 0 aromatic heterocycles. The molecule has 0 fully saturated rings. The molecule has 0 radical (unpaired) electrons. The Morgan fingerprint density at radius 2 is 1.85 bits per heavy atom. The minimum absolute atomic E-state index is 0.0349. The molecule has 0 saturated carbocycles. The topological polar surface area (TPSA) is 35.9 Å². The van der Waals surface area contributed by atoms with Gasteiger partial charge >= 0.3 is 0 Å². The highest BCUT2D eigenvalue weighted by Crippen LogP contribution is 2.25. The molecular formula is C22H29N3OS. The molecule has 0 atom stereocenters. The summed E-state index contributed by atoms with van der Waals surface area (Å²) in [6, 6.07) is 12.2. The number of aryl methyl sites for hydroxylation is 2. The number of rotatable bonds is 7. The van der Waals surface area contributed by atoms with Crippen LogP contribution in [0.4, 0.5) is 5.69 Å². The highest BCUT2D eigenvalue weighted by Gasteiger charge is 2.17. The van der Waals surface area contributed by atoms with Crippen molar-refractivity contribution in [2.24, 2.45) is 4.99 Å². The average molecular weight is 384 g/mol. The van der Waals surface area contributed by atoms with E-state index in [1.54, 1.807) is 16.7 Å². The predicted octanol–water partition coefficient (Wildman–Crippen LogP) is 4.91. The molecule has 1 amide bonds. The zero-order valence-corrected chi connectivity index (χ0v) is 17.9. The summed E-state index contributed by atoms with van der Waals surface area (Å²) in [4.78, 5) is 22.6. The van der Waals surface area contributed by atoms with E-state index < -0.39 is 0 Å². The van der Waals surface area contributed by atoms with Gasteiger partial charge in [0.25, 0.3) is 5.91 Å². The maximum atomic E-state index is 13.0. The van der Waals surface area contributed by atoms with Crippen LogP contribution < -0.4 is 0 Å². The van der Waals surface area contributed by atoms with Gasteiger partial charge in [-0.1, -0.05) is 18.2 Å². The van der Waals surface area contributed by atoms with Crippen LogP contribution in [0.25, 0.3) is 0 Å². The Balaban J connectivity index is 2.23. The van der Waals surface area contributed by atoms with E-state index >= 15 is 0 Å². The van der Waals surface area contributed by atoms with Crippen molar-refractivity contribution in [3.05, 3.63) is 58.7 Å². The van der Waals surface area contributed by atoms with Crippen LogP contribution in [0, 0.1) is 13.8 Å². The van der Waals surface area contributed by atoms with Crippen molar-refractivity contribution in [3.63, 3.8) is 0 Å². The third-order valence-corrected chi connectivity index (χ3v) is 5.45. The lowest BCUT2D eigenvalue weighted by Crippen LogP contribution is -2.27. The van der Waals surface area contributed by atoms with Gasteiger partial charge in [-0.05, 0) is 61.9 Å². The molecule has 0 aliphatic rings. The molecule has 0 aliphatic carbocycles. The zero-order chi connectivity index (χ0) is 20.0. The lowest BCUT2D eigenvalue weighted by Gasteiger charge is -2.20. The third kappa shape index (κ3) is 5.36. The van der Waals surface area contributed by atoms with E-state index in [2.05, 4.69) is 30.3 Å². The van der Waals surface area contributed by atoms with Gasteiger partial charge in [-0.15, -0.1) is 11.8 Å². The second kappa shape index (κ2) is 9.60. The molecule has 144 valence electrons. The van der Waals surface area contributed by atoms with Gasteiger partial charge in [0.2, 0.25) is 0 Å². The number of amides is 1. The molecule has 0 bridgehead atoms. The van der Waals surface area contributed by atoms with Gasteiger partial charge in [0.15, 0.2) is 0 Å². The van der Waals surface area contributed by atoms with Crippen molar-refractivity contribution in [1.29, 1.82) is 0 Å². The summed E-state index contributed by atoms with van der Waals surface area (Å²) in [5, 5.41) is 0. The molecule has 0 spiro atoms. The van der Waals surface area contributed by atoms with E-state index in [0.717, 1.165) is 28.9 Å². The maximum absolute atomic E-state index is 13.0. The summed E-state index contributed by atoms with van der Waals surface area (Å²) in [5.74, 6) is 0.0349. The molecule has 0 N–H and O–H groups in total. The van der Waals surface area contributed by atoms with Crippen molar-refractivity contribution in [3.8, 4) is 0 Å². The normalized spacial score (nSPS) is 11.0. The summed E-state index contributed by atoms with van der Waals surface area (Å²) in [5.41, 5.74) is 4.75. The SMILES string of the molecule is CCN(C)C=Nc1cc(C)c(C(=O)N(C)Cc2ccccc2SC)cc1C. The first-order valence-corrected chi connectivity index (χ1v) is 10.3. The van der Waals surface area contributed by atoms with E-state index in [0.29, 0.717) is 6.54 Å². The fourth-order valence-corrected chi connectivity index (χ4v) is 3.39. The molecule has 2 aromatic rings. The molecule has 2 aromatic carbocycles. The Morgan fingerprint density at radius 3 is 2.52 bits per heavy atom. The Bertz CT molecular complexity index is 832. The largest absolute Gasteiger partial charge is 0.366 e. The lowest BCUT2D eigenvalue weighted by molar-refractivity contribution is 0.0783. The summed E-state index contributed by atoms with van der Waals surface area (Å²) >= 11 is 1.70. The third-order valence-electron chi connectivity index (χ3n) is 4.61. The van der Waals surface area contributed by atoms with Gasteiger partial charge in [0, 0.05) is 37.6 Å². The quantitative estimate of drug-likeness (QED) is 0.387. The molecule has 0 unspecified atom stereocenters. The summed E-state index contributed by atoms with van der Waals surface area (Å²) in [6.45, 7) is 7.55. The van der Waals surface area contributed by atoms with Crippen molar-refractivity contribution in [2.45, 2.75) is 32.2 Å². The number of aliphatic imine (C=N–C) groups is 1. The van der Waals surface area contributed by atoms with Gasteiger partial charge in [-0.2, -0.15) is 0 Å². The second-order valence-corrected chi connectivity index (χ2v) is 7.59. The summed E-state index contributed by atoms with van der Waals surface area (Å²) in [7, 11) is 3.85. The summed E-state index contributed by atoms with van der Waals surface area (Å²) < 4.78 is 0. The first-order chi connectivity index (χ1) is 12.9. The van der Waals surface area contributed by atoms with Crippen molar-refractivity contribution >= 4 is 29.7 Å². The predicted molar refractivity (Wildman–Crippen MR) is 116 cm³/mol. The van der Waals surface area contributed by atoms with Crippen molar-refractivity contribution in [1.82, 2.24) is 9.80 Å². The van der Waals surface area contributed by atoms with Gasteiger partial charge in [0.1, 0.15) is 0 Å². The monoisotopic (exact) mass is 383 g/mol. The molecule has 0 heterocycles. The van der Waals surface area contributed by atoms with Crippen molar-refractivity contribution in [2.75, 3.05) is 26.9 Å². The van der Waals surface area contributed by atoms with E-state index in [1.165, 1.54) is 10.5 Å². The second-order valence-electron chi connectivity index (χ2n) is 6.74. The van der Waals surface area contributed by atoms with Crippen molar-refractivity contribution < 1.29 is 4.79 Å². The van der Waals surface area contributed by atoms with Crippen LogP contribution in [0.5, 0.6) is 0 Å². The fourth-order valence-electron chi connectivity index (χ4n) is 2.78. The van der Waals surface area contributed by atoms with Gasteiger partial charge in [-0.25, -0.2) is 4.99 Å². The number of nitrogens with zero attached hydrogens (tertiary/aromatic N) is 3. The number of hydrogen-bond donors (Lipinski definition) is 0. The first-order valence-electron chi connectivity index (χ1n) is 9.10. The van der Waals surface area contributed by atoms with Crippen LogP contribution in [0.2, 0.25) is 0 Å². The standard InChI is InChI=1S/C22H29N3OS/c1-7-24(4)15-23-20-13-16(2)19(12-17(20)3)22(26)25(5)14-18-10-8-9-11-21(18)27-6/h8-13,15H,7,14H2,1-6H3. The Morgan fingerprint density at radius 1 is 1.15 bits per heavy atom. The van der Waals surface area contributed by atoms with Crippen LogP contribution in [0.1, 0.15) is 34.0 Å². The molecule has 5 heteroatoms. The Labute approximate surface area is 167 Å². The zero-order valence-electron chi connectivity index (χ0n) is 17.1. The van der Waals surface area contributed by atoms with Gasteiger partial charge in [0.05, 0.1) is 12.0 Å². The number of thioether (sulfide) groups is 1. The highest BCUT2D eigenvalue weighted by atomic mass is 32.2. The molecule has 0 aliphatic heterocycles. The van der Waals surface area contributed by atoms with Crippen LogP contribution in [0.3, 0.4) is 0 Å². The molecule has 0 saturated heterocycles. The minimum atomic E-state index is 0.0349. The van der Waals surface area contributed by atoms with Gasteiger partial charge in [-0.3, -0.25) is 4.79 Å². The van der Waals surface area contributed by atoms with E-state index in [1.807, 2.05) is 63.4 Å². The van der Waals surface area contributed by atoms with Crippen LogP contribution in [0.15, 0.2) is 46.3 Å².